The smallest absolute Gasteiger partial charge is 0.258 e. The van der Waals surface area contributed by atoms with Crippen LogP contribution in [0.4, 0.5) is 0 Å². The third-order valence-electron chi connectivity index (χ3n) is 2.13. The average molecular weight is 306 g/mol. The van der Waals surface area contributed by atoms with Gasteiger partial charge < -0.3 is 0 Å². The fourth-order valence-corrected chi connectivity index (χ4v) is 3.50. The molecule has 1 amide bonds. The molecule has 1 rings (SSSR count). The summed E-state index contributed by atoms with van der Waals surface area (Å²) < 4.78 is 25.3. The monoisotopic (exact) mass is 306 g/mol. The van der Waals surface area contributed by atoms with Crippen LogP contribution in [0.3, 0.4) is 0 Å². The Labute approximate surface area is 117 Å². The number of hydrogen-bond donors (Lipinski definition) is 1. The van der Waals surface area contributed by atoms with E-state index in [-0.39, 0.29) is 16.7 Å². The second-order valence-electron chi connectivity index (χ2n) is 4.42. The first kappa shape index (κ1) is 16.1. The zero-order valence-corrected chi connectivity index (χ0v) is 12.8. The highest BCUT2D eigenvalue weighted by Gasteiger charge is 2.23. The summed E-state index contributed by atoms with van der Waals surface area (Å²) in [4.78, 5) is 16.5. The standard InChI is InChI=1S/C11H18N2O4S2/c1-9(2)8-17-12-10(14)7-13(3)19(15,16)11-5-4-6-18-11/h4-6,9H,7-8H2,1-3H3,(H,12,14). The number of rotatable bonds is 7. The molecule has 6 nitrogen and oxygen atoms in total. The van der Waals surface area contributed by atoms with Crippen LogP contribution in [0.15, 0.2) is 21.7 Å². The molecule has 0 spiro atoms. The predicted octanol–water partition coefficient (Wildman–Crippen LogP) is 1.07. The summed E-state index contributed by atoms with van der Waals surface area (Å²) in [5, 5.41) is 1.67. The minimum absolute atomic E-state index is 0.214. The SMILES string of the molecule is CC(C)CONC(=O)CN(C)S(=O)(=O)c1cccs1. The molecule has 1 N–H and O–H groups in total. The number of likely N-dealkylation sites (N-methyl/N-ethyl adjacent to an activating group) is 1. The molecule has 0 radical (unpaired) electrons. The van der Waals surface area contributed by atoms with Crippen LogP contribution in [-0.2, 0) is 19.7 Å². The van der Waals surface area contributed by atoms with Crippen molar-refractivity contribution in [1.29, 1.82) is 0 Å². The van der Waals surface area contributed by atoms with Gasteiger partial charge in [0.15, 0.2) is 0 Å². The third kappa shape index (κ3) is 4.90. The number of carbonyl (C=O) groups is 1. The van der Waals surface area contributed by atoms with E-state index in [1.165, 1.54) is 13.1 Å². The summed E-state index contributed by atoms with van der Waals surface area (Å²) >= 11 is 1.11. The van der Waals surface area contributed by atoms with Gasteiger partial charge in [0.05, 0.1) is 13.2 Å². The van der Waals surface area contributed by atoms with Crippen molar-refractivity contribution in [3.63, 3.8) is 0 Å². The summed E-state index contributed by atoms with van der Waals surface area (Å²) in [7, 11) is -2.24. The van der Waals surface area contributed by atoms with Crippen LogP contribution in [0.25, 0.3) is 0 Å². The van der Waals surface area contributed by atoms with Gasteiger partial charge in [-0.25, -0.2) is 13.9 Å². The van der Waals surface area contributed by atoms with Gasteiger partial charge in [0.2, 0.25) is 0 Å². The lowest BCUT2D eigenvalue weighted by molar-refractivity contribution is -0.134. The fraction of sp³-hybridized carbons (Fsp3) is 0.545. The normalized spacial score (nSPS) is 12.1. The van der Waals surface area contributed by atoms with Crippen molar-refractivity contribution >= 4 is 27.3 Å². The number of nitrogens with one attached hydrogen (secondary N) is 1. The molecule has 1 aromatic rings. The van der Waals surface area contributed by atoms with Crippen molar-refractivity contribution in [3.8, 4) is 0 Å². The largest absolute Gasteiger partial charge is 0.273 e. The lowest BCUT2D eigenvalue weighted by Gasteiger charge is -2.15. The van der Waals surface area contributed by atoms with E-state index in [4.69, 9.17) is 4.84 Å². The van der Waals surface area contributed by atoms with Crippen molar-refractivity contribution in [2.24, 2.45) is 5.92 Å². The molecule has 0 bridgehead atoms. The van der Waals surface area contributed by atoms with E-state index in [9.17, 15) is 13.2 Å². The summed E-state index contributed by atoms with van der Waals surface area (Å²) in [6, 6.07) is 3.15. The van der Waals surface area contributed by atoms with Crippen LogP contribution in [0, 0.1) is 5.92 Å². The van der Waals surface area contributed by atoms with Gasteiger partial charge in [-0.3, -0.25) is 9.63 Å². The predicted molar refractivity (Wildman–Crippen MR) is 73.1 cm³/mol. The Balaban J connectivity index is 2.51. The number of hydroxylamine groups is 1. The zero-order valence-electron chi connectivity index (χ0n) is 11.1. The Kier molecular flexibility index (Phi) is 5.92. The quantitative estimate of drug-likeness (QED) is 0.765. The number of amides is 1. The van der Waals surface area contributed by atoms with E-state index < -0.39 is 15.9 Å². The van der Waals surface area contributed by atoms with Crippen LogP contribution >= 0.6 is 11.3 Å². The van der Waals surface area contributed by atoms with Crippen LogP contribution in [0.1, 0.15) is 13.8 Å². The number of carbonyl (C=O) groups excluding carboxylic acids is 1. The molecule has 0 saturated carbocycles. The first-order chi connectivity index (χ1) is 8.84. The van der Waals surface area contributed by atoms with Gasteiger partial charge in [0.1, 0.15) is 4.21 Å². The Bertz CT molecular complexity index is 497. The summed E-state index contributed by atoms with van der Waals surface area (Å²) in [5.41, 5.74) is 2.22. The Morgan fingerprint density at radius 2 is 2.21 bits per heavy atom. The fourth-order valence-electron chi connectivity index (χ4n) is 1.17. The van der Waals surface area contributed by atoms with Gasteiger partial charge in [-0.1, -0.05) is 19.9 Å². The molecular weight excluding hydrogens is 288 g/mol. The number of thiophene rings is 1. The third-order valence-corrected chi connectivity index (χ3v) is 5.31. The van der Waals surface area contributed by atoms with Crippen molar-refractivity contribution in [1.82, 2.24) is 9.79 Å². The highest BCUT2D eigenvalue weighted by molar-refractivity contribution is 7.91. The molecule has 0 aliphatic carbocycles. The summed E-state index contributed by atoms with van der Waals surface area (Å²) in [5.74, 6) is -0.212. The molecule has 0 atom stereocenters. The van der Waals surface area contributed by atoms with Crippen LogP contribution in [0.2, 0.25) is 0 Å². The molecule has 0 saturated heterocycles. The number of nitrogens with zero attached hydrogens (tertiary/aromatic N) is 1. The molecule has 1 heterocycles. The molecule has 0 aromatic carbocycles. The van der Waals surface area contributed by atoms with Crippen molar-refractivity contribution < 1.29 is 18.0 Å². The van der Waals surface area contributed by atoms with E-state index in [1.54, 1.807) is 11.4 Å². The maximum absolute atomic E-state index is 12.0. The molecule has 0 aliphatic heterocycles. The van der Waals surface area contributed by atoms with Gasteiger partial charge in [-0.15, -0.1) is 11.3 Å². The lowest BCUT2D eigenvalue weighted by atomic mass is 10.2. The first-order valence-electron chi connectivity index (χ1n) is 5.74. The Morgan fingerprint density at radius 1 is 1.53 bits per heavy atom. The van der Waals surface area contributed by atoms with Crippen LogP contribution in [0.5, 0.6) is 0 Å². The van der Waals surface area contributed by atoms with Gasteiger partial charge in [-0.2, -0.15) is 4.31 Å². The first-order valence-corrected chi connectivity index (χ1v) is 8.06. The summed E-state index contributed by atoms with van der Waals surface area (Å²) in [6.45, 7) is 3.99. The van der Waals surface area contributed by atoms with E-state index in [0.717, 1.165) is 15.6 Å². The number of sulfonamides is 1. The number of hydrogen-bond acceptors (Lipinski definition) is 5. The zero-order chi connectivity index (χ0) is 14.5. The van der Waals surface area contributed by atoms with E-state index >= 15 is 0 Å². The average Bonchev–Trinajstić information content (AvgIpc) is 2.82. The topological polar surface area (TPSA) is 75.7 Å². The minimum atomic E-state index is -3.60. The maximum Gasteiger partial charge on any atom is 0.258 e. The van der Waals surface area contributed by atoms with E-state index in [0.29, 0.717) is 6.61 Å². The molecule has 0 aliphatic rings. The second kappa shape index (κ2) is 6.99. The molecule has 1 aromatic heterocycles. The maximum atomic E-state index is 12.0. The molecule has 108 valence electrons. The lowest BCUT2D eigenvalue weighted by Crippen LogP contribution is -2.38. The van der Waals surface area contributed by atoms with E-state index in [1.807, 2.05) is 13.8 Å². The molecular formula is C11H18N2O4S2. The highest BCUT2D eigenvalue weighted by Crippen LogP contribution is 2.19. The van der Waals surface area contributed by atoms with E-state index in [2.05, 4.69) is 5.48 Å². The van der Waals surface area contributed by atoms with Gasteiger partial charge in [-0.05, 0) is 17.4 Å². The summed E-state index contributed by atoms with van der Waals surface area (Å²) in [6.07, 6.45) is 0. The van der Waals surface area contributed by atoms with Crippen LogP contribution < -0.4 is 5.48 Å². The second-order valence-corrected chi connectivity index (χ2v) is 7.64. The van der Waals surface area contributed by atoms with Gasteiger partial charge in [0.25, 0.3) is 15.9 Å². The van der Waals surface area contributed by atoms with Crippen molar-refractivity contribution in [2.45, 2.75) is 18.1 Å². The van der Waals surface area contributed by atoms with Gasteiger partial charge in [0, 0.05) is 7.05 Å². The molecule has 19 heavy (non-hydrogen) atoms. The van der Waals surface area contributed by atoms with Gasteiger partial charge >= 0.3 is 0 Å². The minimum Gasteiger partial charge on any atom is -0.273 e. The molecule has 0 fully saturated rings. The Hall–Kier alpha value is -0.960. The molecule has 0 unspecified atom stereocenters. The highest BCUT2D eigenvalue weighted by atomic mass is 32.2. The molecule has 8 heteroatoms. The Morgan fingerprint density at radius 3 is 2.74 bits per heavy atom. The van der Waals surface area contributed by atoms with Crippen molar-refractivity contribution in [2.75, 3.05) is 20.2 Å². The van der Waals surface area contributed by atoms with Crippen molar-refractivity contribution in [3.05, 3.63) is 17.5 Å². The van der Waals surface area contributed by atoms with Crippen LogP contribution in [-0.4, -0.2) is 38.8 Å².